The van der Waals surface area contributed by atoms with Gasteiger partial charge in [0.2, 0.25) is 0 Å². The second-order valence-corrected chi connectivity index (χ2v) is 6.14. The van der Waals surface area contributed by atoms with E-state index in [0.29, 0.717) is 0 Å². The van der Waals surface area contributed by atoms with Crippen molar-refractivity contribution in [2.45, 2.75) is 17.1 Å². The van der Waals surface area contributed by atoms with Crippen molar-refractivity contribution in [2.75, 3.05) is 0 Å². The highest BCUT2D eigenvalue weighted by molar-refractivity contribution is 9.08. The summed E-state index contributed by atoms with van der Waals surface area (Å²) in [6.07, 6.45) is 1.92. The van der Waals surface area contributed by atoms with Gasteiger partial charge in [-0.25, -0.2) is 4.21 Å². The van der Waals surface area contributed by atoms with Gasteiger partial charge in [-0.15, -0.1) is 0 Å². The summed E-state index contributed by atoms with van der Waals surface area (Å²) in [5.74, 6) is 0. The van der Waals surface area contributed by atoms with Crippen LogP contribution in [0, 0.1) is 6.92 Å². The second-order valence-electron chi connectivity index (χ2n) is 4.25. The van der Waals surface area contributed by atoms with Gasteiger partial charge in [0.1, 0.15) is 0 Å². The normalized spacial score (nSPS) is 12.7. The molecule has 0 saturated heterocycles. The Morgan fingerprint density at radius 1 is 1.11 bits per heavy atom. The van der Waals surface area contributed by atoms with E-state index in [0.717, 1.165) is 15.8 Å². The highest BCUT2D eigenvalue weighted by Crippen LogP contribution is 2.16. The topological polar surface area (TPSA) is 17.1 Å². The molecule has 0 saturated carbocycles. The third kappa shape index (κ3) is 3.88. The van der Waals surface area contributed by atoms with Gasteiger partial charge in [0, 0.05) is 15.6 Å². The van der Waals surface area contributed by atoms with Gasteiger partial charge in [-0.2, -0.15) is 0 Å². The Hall–Kier alpha value is -1.19. The molecule has 0 heterocycles. The standard InChI is InChI=1S/C16H15BrOS/c1-13-6-8-16(9-7-13)19(18)11-10-14-4-2-3-5-15(14)12-17/h2-11H,12H2,1H3/b11-10+. The van der Waals surface area contributed by atoms with Gasteiger partial charge in [0.15, 0.2) is 0 Å². The first-order valence-corrected chi connectivity index (χ1v) is 8.33. The molecular weight excluding hydrogens is 320 g/mol. The summed E-state index contributed by atoms with van der Waals surface area (Å²) in [7, 11) is -1.10. The Labute approximate surface area is 125 Å². The molecule has 0 aliphatic carbocycles. The lowest BCUT2D eigenvalue weighted by atomic mass is 10.1. The molecule has 19 heavy (non-hydrogen) atoms. The number of alkyl halides is 1. The Kier molecular flexibility index (Phi) is 5.11. The largest absolute Gasteiger partial charge is 0.250 e. The van der Waals surface area contributed by atoms with Crippen molar-refractivity contribution in [3.63, 3.8) is 0 Å². The van der Waals surface area contributed by atoms with Gasteiger partial charge in [-0.1, -0.05) is 57.9 Å². The molecule has 2 aromatic rings. The number of hydrogen-bond donors (Lipinski definition) is 0. The lowest BCUT2D eigenvalue weighted by molar-refractivity contribution is 0.688. The lowest BCUT2D eigenvalue weighted by Gasteiger charge is -2.01. The molecule has 0 aromatic heterocycles. The van der Waals surface area contributed by atoms with E-state index in [1.54, 1.807) is 5.41 Å². The number of halogens is 1. The maximum absolute atomic E-state index is 12.1. The van der Waals surface area contributed by atoms with Crippen LogP contribution in [0.2, 0.25) is 0 Å². The van der Waals surface area contributed by atoms with Crippen LogP contribution in [0.25, 0.3) is 6.08 Å². The van der Waals surface area contributed by atoms with Crippen molar-refractivity contribution in [1.29, 1.82) is 0 Å². The average Bonchev–Trinajstić information content (AvgIpc) is 2.45. The number of hydrogen-bond acceptors (Lipinski definition) is 1. The van der Waals surface area contributed by atoms with Crippen LogP contribution in [0.15, 0.2) is 58.8 Å². The minimum atomic E-state index is -1.10. The van der Waals surface area contributed by atoms with Crippen LogP contribution in [0.5, 0.6) is 0 Å². The van der Waals surface area contributed by atoms with E-state index >= 15 is 0 Å². The molecule has 0 amide bonds. The first-order chi connectivity index (χ1) is 9.20. The molecule has 2 aromatic carbocycles. The van der Waals surface area contributed by atoms with Gasteiger partial charge >= 0.3 is 0 Å². The van der Waals surface area contributed by atoms with Gasteiger partial charge in [-0.05, 0) is 36.3 Å². The molecule has 0 aliphatic rings. The minimum absolute atomic E-state index is 0.796. The molecule has 2 rings (SSSR count). The molecule has 0 aliphatic heterocycles. The van der Waals surface area contributed by atoms with Crippen LogP contribution >= 0.6 is 15.9 Å². The smallest absolute Gasteiger partial charge is 0.0776 e. The lowest BCUT2D eigenvalue weighted by Crippen LogP contribution is -1.87. The fourth-order valence-corrected chi connectivity index (χ4v) is 3.05. The summed E-state index contributed by atoms with van der Waals surface area (Å²) >= 11 is 3.46. The summed E-state index contributed by atoms with van der Waals surface area (Å²) in [4.78, 5) is 0.832. The van der Waals surface area contributed by atoms with Gasteiger partial charge in [0.25, 0.3) is 0 Å². The SMILES string of the molecule is Cc1ccc(S(=O)/C=C/c2ccccc2CBr)cc1. The summed E-state index contributed by atoms with van der Waals surface area (Å²) < 4.78 is 12.1. The fraction of sp³-hybridized carbons (Fsp3) is 0.125. The van der Waals surface area contributed by atoms with Crippen molar-refractivity contribution in [3.05, 3.63) is 70.6 Å². The van der Waals surface area contributed by atoms with Gasteiger partial charge < -0.3 is 0 Å². The molecule has 0 N–H and O–H groups in total. The first-order valence-electron chi connectivity index (χ1n) is 6.00. The molecule has 3 heteroatoms. The fourth-order valence-electron chi connectivity index (χ4n) is 1.70. The van der Waals surface area contributed by atoms with Gasteiger partial charge in [-0.3, -0.25) is 0 Å². The van der Waals surface area contributed by atoms with E-state index in [1.165, 1.54) is 11.1 Å². The van der Waals surface area contributed by atoms with Crippen LogP contribution < -0.4 is 0 Å². The molecule has 0 fully saturated rings. The quantitative estimate of drug-likeness (QED) is 0.742. The Balaban J connectivity index is 2.18. The van der Waals surface area contributed by atoms with Crippen molar-refractivity contribution < 1.29 is 4.21 Å². The van der Waals surface area contributed by atoms with Crippen LogP contribution in [-0.2, 0) is 16.1 Å². The van der Waals surface area contributed by atoms with E-state index in [1.807, 2.05) is 55.5 Å². The molecule has 0 bridgehead atoms. The van der Waals surface area contributed by atoms with E-state index in [9.17, 15) is 4.21 Å². The van der Waals surface area contributed by atoms with Crippen molar-refractivity contribution in [3.8, 4) is 0 Å². The Bertz CT molecular complexity index is 602. The van der Waals surface area contributed by atoms with Crippen LogP contribution in [0.3, 0.4) is 0 Å². The molecular formula is C16H15BrOS. The molecule has 1 unspecified atom stereocenters. The summed E-state index contributed by atoms with van der Waals surface area (Å²) in [5, 5.41) is 2.54. The monoisotopic (exact) mass is 334 g/mol. The number of rotatable bonds is 4. The first kappa shape index (κ1) is 14.2. The molecule has 1 atom stereocenters. The van der Waals surface area contributed by atoms with Crippen LogP contribution in [0.4, 0.5) is 0 Å². The second kappa shape index (κ2) is 6.83. The van der Waals surface area contributed by atoms with Gasteiger partial charge in [0.05, 0.1) is 10.8 Å². The van der Waals surface area contributed by atoms with Crippen molar-refractivity contribution >= 4 is 32.8 Å². The highest BCUT2D eigenvalue weighted by atomic mass is 79.9. The van der Waals surface area contributed by atoms with E-state index in [-0.39, 0.29) is 0 Å². The maximum atomic E-state index is 12.1. The van der Waals surface area contributed by atoms with Crippen molar-refractivity contribution in [2.24, 2.45) is 0 Å². The Morgan fingerprint density at radius 3 is 2.47 bits per heavy atom. The summed E-state index contributed by atoms with van der Waals surface area (Å²) in [5.41, 5.74) is 3.47. The van der Waals surface area contributed by atoms with Crippen LogP contribution in [-0.4, -0.2) is 4.21 Å². The summed E-state index contributed by atoms with van der Waals surface area (Å²) in [6, 6.07) is 15.9. The molecule has 0 spiro atoms. The average molecular weight is 335 g/mol. The van der Waals surface area contributed by atoms with E-state index in [4.69, 9.17) is 0 Å². The Morgan fingerprint density at radius 2 is 1.79 bits per heavy atom. The third-order valence-electron chi connectivity index (χ3n) is 2.82. The zero-order chi connectivity index (χ0) is 13.7. The number of aryl methyl sites for hydroxylation is 1. The molecule has 98 valence electrons. The van der Waals surface area contributed by atoms with Crippen LogP contribution in [0.1, 0.15) is 16.7 Å². The molecule has 0 radical (unpaired) electrons. The third-order valence-corrected chi connectivity index (χ3v) is 4.55. The predicted molar refractivity (Wildman–Crippen MR) is 85.7 cm³/mol. The zero-order valence-corrected chi connectivity index (χ0v) is 13.1. The zero-order valence-electron chi connectivity index (χ0n) is 10.7. The minimum Gasteiger partial charge on any atom is -0.250 e. The van der Waals surface area contributed by atoms with Crippen molar-refractivity contribution in [1.82, 2.24) is 0 Å². The van der Waals surface area contributed by atoms with E-state index < -0.39 is 10.8 Å². The predicted octanol–water partition coefficient (Wildman–Crippen LogP) is 4.67. The maximum Gasteiger partial charge on any atom is 0.0776 e. The molecule has 1 nitrogen and oxygen atoms in total. The van der Waals surface area contributed by atoms with E-state index in [2.05, 4.69) is 22.0 Å². The highest BCUT2D eigenvalue weighted by Gasteiger charge is 2.00. The summed E-state index contributed by atoms with van der Waals surface area (Å²) in [6.45, 7) is 2.02. The number of benzene rings is 2.